The Bertz CT molecular complexity index is 272. The van der Waals surface area contributed by atoms with Gasteiger partial charge in [0.1, 0.15) is 5.60 Å². The van der Waals surface area contributed by atoms with Crippen molar-refractivity contribution in [1.29, 1.82) is 0 Å². The van der Waals surface area contributed by atoms with Crippen molar-refractivity contribution >= 4 is 5.97 Å². The van der Waals surface area contributed by atoms with Crippen molar-refractivity contribution in [3.8, 4) is 0 Å². The number of esters is 1. The first-order chi connectivity index (χ1) is 7.37. The molecular weight excluding hydrogens is 200 g/mol. The Balaban J connectivity index is 2.63. The number of ether oxygens (including phenoxy) is 1. The molecule has 92 valence electrons. The highest BCUT2D eigenvalue weighted by molar-refractivity contribution is 5.83. The van der Waals surface area contributed by atoms with Gasteiger partial charge in [-0.25, -0.2) is 4.79 Å². The summed E-state index contributed by atoms with van der Waals surface area (Å²) in [6, 6.07) is 0. The fourth-order valence-corrected chi connectivity index (χ4v) is 2.30. The fraction of sp³-hybridized carbons (Fsp3) is 0.786. The second kappa shape index (κ2) is 5.03. The second-order valence-electron chi connectivity index (χ2n) is 5.62. The largest absolute Gasteiger partial charge is 0.457 e. The molecule has 0 aromatic carbocycles. The Labute approximate surface area is 99.1 Å². The van der Waals surface area contributed by atoms with Gasteiger partial charge in [0, 0.05) is 6.08 Å². The topological polar surface area (TPSA) is 26.3 Å². The summed E-state index contributed by atoms with van der Waals surface area (Å²) in [6.45, 7) is 10.1. The van der Waals surface area contributed by atoms with E-state index >= 15 is 0 Å². The first-order valence-corrected chi connectivity index (χ1v) is 6.31. The van der Waals surface area contributed by atoms with Gasteiger partial charge in [-0.3, -0.25) is 0 Å². The van der Waals surface area contributed by atoms with E-state index in [0.29, 0.717) is 11.8 Å². The van der Waals surface area contributed by atoms with E-state index in [-0.39, 0.29) is 11.6 Å². The van der Waals surface area contributed by atoms with Gasteiger partial charge >= 0.3 is 5.97 Å². The van der Waals surface area contributed by atoms with Crippen LogP contribution >= 0.6 is 0 Å². The molecule has 2 nitrogen and oxygen atoms in total. The molecular formula is C14H24O2. The van der Waals surface area contributed by atoms with Crippen molar-refractivity contribution in [3.63, 3.8) is 0 Å². The van der Waals surface area contributed by atoms with E-state index in [1.54, 1.807) is 6.08 Å². The highest BCUT2D eigenvalue weighted by atomic mass is 16.6. The molecule has 1 fully saturated rings. The fourth-order valence-electron chi connectivity index (χ4n) is 2.30. The number of carbonyl (C=O) groups is 1. The molecule has 0 aromatic heterocycles. The van der Waals surface area contributed by atoms with Crippen LogP contribution in [0.15, 0.2) is 11.6 Å². The average molecular weight is 224 g/mol. The molecule has 2 heteroatoms. The first kappa shape index (κ1) is 13.3. The number of rotatable bonds is 3. The normalized spacial score (nSPS) is 24.9. The number of hydrogen-bond donors (Lipinski definition) is 0. The van der Waals surface area contributed by atoms with E-state index in [0.717, 1.165) is 12.8 Å². The molecule has 0 aliphatic heterocycles. The lowest BCUT2D eigenvalue weighted by atomic mass is 9.67. The SMILES string of the molecule is CCC1CC(CC)C1=CC(=O)OC(C)(C)C. The highest BCUT2D eigenvalue weighted by Gasteiger charge is 2.33. The van der Waals surface area contributed by atoms with Gasteiger partial charge in [-0.2, -0.15) is 0 Å². The second-order valence-corrected chi connectivity index (χ2v) is 5.62. The molecule has 0 saturated heterocycles. The van der Waals surface area contributed by atoms with E-state index in [9.17, 15) is 4.79 Å². The van der Waals surface area contributed by atoms with Crippen LogP contribution in [-0.2, 0) is 9.53 Å². The summed E-state index contributed by atoms with van der Waals surface area (Å²) in [4.78, 5) is 11.7. The van der Waals surface area contributed by atoms with E-state index in [4.69, 9.17) is 4.74 Å². The smallest absolute Gasteiger partial charge is 0.331 e. The molecule has 1 aliphatic rings. The van der Waals surface area contributed by atoms with Crippen molar-refractivity contribution < 1.29 is 9.53 Å². The van der Waals surface area contributed by atoms with Crippen LogP contribution in [0.1, 0.15) is 53.9 Å². The van der Waals surface area contributed by atoms with Gasteiger partial charge < -0.3 is 4.74 Å². The minimum atomic E-state index is -0.388. The Morgan fingerprint density at radius 3 is 2.19 bits per heavy atom. The lowest BCUT2D eigenvalue weighted by molar-refractivity contribution is -0.148. The van der Waals surface area contributed by atoms with Crippen molar-refractivity contribution in [2.45, 2.75) is 59.5 Å². The van der Waals surface area contributed by atoms with E-state index in [2.05, 4.69) is 13.8 Å². The number of allylic oxidation sites excluding steroid dienone is 1. The third-order valence-electron chi connectivity index (χ3n) is 3.19. The molecule has 0 bridgehead atoms. The summed E-state index contributed by atoms with van der Waals surface area (Å²) in [5.74, 6) is 1.04. The zero-order valence-corrected chi connectivity index (χ0v) is 11.2. The molecule has 1 saturated carbocycles. The van der Waals surface area contributed by atoms with E-state index in [1.807, 2.05) is 20.8 Å². The van der Waals surface area contributed by atoms with E-state index in [1.165, 1.54) is 12.0 Å². The first-order valence-electron chi connectivity index (χ1n) is 6.31. The minimum absolute atomic E-state index is 0.181. The predicted molar refractivity (Wildman–Crippen MR) is 66.1 cm³/mol. The van der Waals surface area contributed by atoms with Crippen LogP contribution in [-0.4, -0.2) is 11.6 Å². The summed E-state index contributed by atoms with van der Waals surface area (Å²) in [7, 11) is 0. The number of carbonyl (C=O) groups excluding carboxylic acids is 1. The van der Waals surface area contributed by atoms with Crippen LogP contribution in [0.2, 0.25) is 0 Å². The third kappa shape index (κ3) is 3.36. The molecule has 16 heavy (non-hydrogen) atoms. The summed E-state index contributed by atoms with van der Waals surface area (Å²) in [5.41, 5.74) is 0.917. The lowest BCUT2D eigenvalue weighted by Crippen LogP contribution is -2.29. The molecule has 0 spiro atoms. The molecule has 0 aromatic rings. The monoisotopic (exact) mass is 224 g/mol. The molecule has 1 aliphatic carbocycles. The molecule has 0 heterocycles. The summed E-state index contributed by atoms with van der Waals surface area (Å²) in [5, 5.41) is 0. The Morgan fingerprint density at radius 1 is 1.31 bits per heavy atom. The van der Waals surface area contributed by atoms with Crippen LogP contribution in [0, 0.1) is 11.8 Å². The van der Waals surface area contributed by atoms with Crippen LogP contribution in [0.25, 0.3) is 0 Å². The molecule has 0 amide bonds. The predicted octanol–water partition coefficient (Wildman–Crippen LogP) is 3.71. The Hall–Kier alpha value is -0.790. The standard InChI is InChI=1S/C14H24O2/c1-6-10-8-11(7-2)12(10)9-13(15)16-14(3,4)5/h9-11H,6-8H2,1-5H3. The van der Waals surface area contributed by atoms with Gasteiger partial charge in [-0.1, -0.05) is 19.4 Å². The van der Waals surface area contributed by atoms with Gasteiger partial charge in [-0.15, -0.1) is 0 Å². The van der Waals surface area contributed by atoms with Gasteiger partial charge in [0.05, 0.1) is 0 Å². The number of hydrogen-bond acceptors (Lipinski definition) is 2. The third-order valence-corrected chi connectivity index (χ3v) is 3.19. The average Bonchev–Trinajstić information content (AvgIpc) is 2.11. The zero-order chi connectivity index (χ0) is 12.3. The Morgan fingerprint density at radius 2 is 1.81 bits per heavy atom. The van der Waals surface area contributed by atoms with E-state index < -0.39 is 0 Å². The maximum Gasteiger partial charge on any atom is 0.331 e. The van der Waals surface area contributed by atoms with Crippen molar-refractivity contribution in [3.05, 3.63) is 11.6 Å². The van der Waals surface area contributed by atoms with Crippen LogP contribution < -0.4 is 0 Å². The maximum atomic E-state index is 11.7. The molecule has 2 atom stereocenters. The van der Waals surface area contributed by atoms with Crippen LogP contribution in [0.3, 0.4) is 0 Å². The summed E-state index contributed by atoms with van der Waals surface area (Å²) < 4.78 is 5.31. The van der Waals surface area contributed by atoms with Gasteiger partial charge in [0.25, 0.3) is 0 Å². The quantitative estimate of drug-likeness (QED) is 0.539. The molecule has 0 N–H and O–H groups in total. The van der Waals surface area contributed by atoms with Crippen molar-refractivity contribution in [2.24, 2.45) is 11.8 Å². The van der Waals surface area contributed by atoms with Crippen molar-refractivity contribution in [1.82, 2.24) is 0 Å². The van der Waals surface area contributed by atoms with Crippen LogP contribution in [0.4, 0.5) is 0 Å². The Kier molecular flexibility index (Phi) is 4.17. The van der Waals surface area contributed by atoms with Crippen molar-refractivity contribution in [2.75, 3.05) is 0 Å². The zero-order valence-electron chi connectivity index (χ0n) is 11.2. The lowest BCUT2D eigenvalue weighted by Gasteiger charge is -2.38. The van der Waals surface area contributed by atoms with Crippen LogP contribution in [0.5, 0.6) is 0 Å². The molecule has 2 unspecified atom stereocenters. The van der Waals surface area contributed by atoms with Gasteiger partial charge in [-0.05, 0) is 51.9 Å². The molecule has 0 radical (unpaired) electrons. The molecule has 1 rings (SSSR count). The van der Waals surface area contributed by atoms with Gasteiger partial charge in [0.15, 0.2) is 0 Å². The van der Waals surface area contributed by atoms with Gasteiger partial charge in [0.2, 0.25) is 0 Å². The highest BCUT2D eigenvalue weighted by Crippen LogP contribution is 2.43. The minimum Gasteiger partial charge on any atom is -0.457 e. The maximum absolute atomic E-state index is 11.7. The summed E-state index contributed by atoms with van der Waals surface area (Å²) in [6.07, 6.45) is 5.23. The summed E-state index contributed by atoms with van der Waals surface area (Å²) >= 11 is 0.